The minimum absolute atomic E-state index is 0.0836. The molecule has 4 heterocycles. The highest BCUT2D eigenvalue weighted by Gasteiger charge is 2.37. The van der Waals surface area contributed by atoms with E-state index >= 15 is 0 Å². The average molecular weight is 633 g/mol. The second-order valence-electron chi connectivity index (χ2n) is 10.6. The summed E-state index contributed by atoms with van der Waals surface area (Å²) in [5.41, 5.74) is 4.10. The molecular formula is C27H27F3N8O7. The fourth-order valence-corrected chi connectivity index (χ4v) is 3.96. The standard InChI is InChI=1S/C27H27F3N8O7/c1-26(2,3)45-25(43)37(13-27(28,29)30)19-9-14(7-8-32-19)23-34-17(12-44-23)22(40)33-16-11-38(35-20(16)21(31)39)15-5-6-18(24(41)42)36(4)10-15/h5-12,18H,13H2,1-4H3,(H2,31,39)(H,33,40)(H,41,42). The number of hydrogen-bond donors (Lipinski definition) is 3. The molecule has 0 bridgehead atoms. The van der Waals surface area contributed by atoms with E-state index in [1.165, 1.54) is 68.0 Å². The van der Waals surface area contributed by atoms with Crippen molar-refractivity contribution in [3.8, 4) is 11.5 Å². The molecule has 0 fully saturated rings. The molecule has 1 atom stereocenters. The maximum atomic E-state index is 13.3. The zero-order valence-corrected chi connectivity index (χ0v) is 24.2. The van der Waals surface area contributed by atoms with E-state index in [4.69, 9.17) is 14.9 Å². The monoisotopic (exact) mass is 632 g/mol. The van der Waals surface area contributed by atoms with E-state index in [9.17, 15) is 37.5 Å². The summed E-state index contributed by atoms with van der Waals surface area (Å²) in [4.78, 5) is 58.6. The Morgan fingerprint density at radius 2 is 1.93 bits per heavy atom. The number of anilines is 2. The fourth-order valence-electron chi connectivity index (χ4n) is 3.96. The number of carboxylic acids is 1. The zero-order chi connectivity index (χ0) is 33.3. The smallest absolute Gasteiger partial charge is 0.416 e. The van der Waals surface area contributed by atoms with Crippen LogP contribution < -0.4 is 16.0 Å². The van der Waals surface area contributed by atoms with Crippen molar-refractivity contribution in [1.82, 2.24) is 24.6 Å². The molecule has 3 amide bonds. The van der Waals surface area contributed by atoms with E-state index in [0.717, 1.165) is 18.5 Å². The van der Waals surface area contributed by atoms with Gasteiger partial charge in [0.2, 0.25) is 5.89 Å². The Bertz CT molecular complexity index is 1700. The van der Waals surface area contributed by atoms with E-state index in [2.05, 4.69) is 20.4 Å². The number of halogens is 3. The van der Waals surface area contributed by atoms with Gasteiger partial charge in [0.15, 0.2) is 11.4 Å². The lowest BCUT2D eigenvalue weighted by atomic mass is 10.2. The number of alkyl halides is 3. The second-order valence-corrected chi connectivity index (χ2v) is 10.6. The van der Waals surface area contributed by atoms with Crippen LogP contribution in [0.3, 0.4) is 0 Å². The predicted octanol–water partition coefficient (Wildman–Crippen LogP) is 3.34. The Kier molecular flexibility index (Phi) is 8.69. The Morgan fingerprint density at radius 1 is 1.22 bits per heavy atom. The van der Waals surface area contributed by atoms with Crippen LogP contribution in [0.4, 0.5) is 29.5 Å². The summed E-state index contributed by atoms with van der Waals surface area (Å²) >= 11 is 0. The van der Waals surface area contributed by atoms with Gasteiger partial charge in [-0.15, -0.1) is 0 Å². The van der Waals surface area contributed by atoms with Gasteiger partial charge in [-0.1, -0.05) is 0 Å². The van der Waals surface area contributed by atoms with Gasteiger partial charge >= 0.3 is 18.2 Å². The molecule has 4 N–H and O–H groups in total. The minimum Gasteiger partial charge on any atom is -0.479 e. The average Bonchev–Trinajstić information content (AvgIpc) is 3.58. The number of carbonyl (C=O) groups excluding carboxylic acids is 3. The van der Waals surface area contributed by atoms with Gasteiger partial charge in [-0.3, -0.25) is 14.5 Å². The van der Waals surface area contributed by atoms with Crippen LogP contribution >= 0.6 is 0 Å². The Hall–Kier alpha value is -5.68. The first-order valence-electron chi connectivity index (χ1n) is 13.0. The molecule has 18 heteroatoms. The molecule has 45 heavy (non-hydrogen) atoms. The lowest BCUT2D eigenvalue weighted by Crippen LogP contribution is -2.42. The first-order valence-corrected chi connectivity index (χ1v) is 13.0. The van der Waals surface area contributed by atoms with Crippen LogP contribution in [-0.2, 0) is 9.53 Å². The number of carboxylic acid groups (broad SMARTS) is 1. The van der Waals surface area contributed by atoms with Gasteiger partial charge in [0.05, 0.1) is 17.6 Å². The van der Waals surface area contributed by atoms with Crippen molar-refractivity contribution in [3.63, 3.8) is 0 Å². The third-order valence-corrected chi connectivity index (χ3v) is 5.89. The van der Waals surface area contributed by atoms with Gasteiger partial charge in [-0.05, 0) is 45.1 Å². The van der Waals surface area contributed by atoms with Gasteiger partial charge in [0.1, 0.15) is 30.3 Å². The van der Waals surface area contributed by atoms with Crippen LogP contribution in [0.2, 0.25) is 0 Å². The van der Waals surface area contributed by atoms with Crippen molar-refractivity contribution >= 4 is 41.1 Å². The van der Waals surface area contributed by atoms with E-state index in [1.807, 2.05) is 0 Å². The van der Waals surface area contributed by atoms with Gasteiger partial charge in [0.25, 0.3) is 11.8 Å². The van der Waals surface area contributed by atoms with E-state index < -0.39 is 54.1 Å². The number of likely N-dealkylation sites (N-methyl/N-ethyl adjacent to an activating group) is 1. The van der Waals surface area contributed by atoms with Gasteiger partial charge in [-0.25, -0.2) is 24.2 Å². The van der Waals surface area contributed by atoms with E-state index in [1.54, 1.807) is 0 Å². The molecule has 15 nitrogen and oxygen atoms in total. The number of oxazole rings is 1. The summed E-state index contributed by atoms with van der Waals surface area (Å²) < 4.78 is 51.6. The Morgan fingerprint density at radius 3 is 2.53 bits per heavy atom. The first-order chi connectivity index (χ1) is 20.9. The number of carbonyl (C=O) groups is 4. The molecule has 238 valence electrons. The molecular weight excluding hydrogens is 605 g/mol. The second kappa shape index (κ2) is 12.1. The Labute approximate surface area is 252 Å². The van der Waals surface area contributed by atoms with Crippen molar-refractivity contribution in [3.05, 3.63) is 60.5 Å². The van der Waals surface area contributed by atoms with Crippen LogP contribution in [0.1, 0.15) is 41.7 Å². The van der Waals surface area contributed by atoms with Crippen LogP contribution in [0.15, 0.2) is 53.6 Å². The van der Waals surface area contributed by atoms with Crippen LogP contribution in [-0.4, -0.2) is 85.0 Å². The van der Waals surface area contributed by atoms with Crippen molar-refractivity contribution in [2.75, 3.05) is 23.8 Å². The van der Waals surface area contributed by atoms with E-state index in [-0.39, 0.29) is 28.5 Å². The normalized spacial score (nSPS) is 15.0. The van der Waals surface area contributed by atoms with Crippen LogP contribution in [0.5, 0.6) is 0 Å². The fraction of sp³-hybridized carbons (Fsp3) is 0.296. The van der Waals surface area contributed by atoms with Crippen molar-refractivity contribution in [2.45, 2.75) is 38.6 Å². The largest absolute Gasteiger partial charge is 0.479 e. The number of pyridine rings is 1. The van der Waals surface area contributed by atoms with Gasteiger partial charge < -0.3 is 30.2 Å². The number of rotatable bonds is 8. The summed E-state index contributed by atoms with van der Waals surface area (Å²) in [6.07, 6.45) is 1.65. The summed E-state index contributed by atoms with van der Waals surface area (Å²) in [6.45, 7) is 2.81. The summed E-state index contributed by atoms with van der Waals surface area (Å²) in [6, 6.07) is 1.53. The van der Waals surface area contributed by atoms with Gasteiger partial charge in [0, 0.05) is 25.0 Å². The minimum atomic E-state index is -4.78. The summed E-state index contributed by atoms with van der Waals surface area (Å²) in [5.74, 6) is -3.51. The molecule has 0 saturated heterocycles. The predicted molar refractivity (Wildman–Crippen MR) is 151 cm³/mol. The maximum absolute atomic E-state index is 13.3. The van der Waals surface area contributed by atoms with E-state index in [0.29, 0.717) is 10.6 Å². The lowest BCUT2D eigenvalue weighted by Gasteiger charge is -2.27. The lowest BCUT2D eigenvalue weighted by molar-refractivity contribution is -0.140. The number of aromatic nitrogens is 4. The molecule has 0 spiro atoms. The number of nitrogens with zero attached hydrogens (tertiary/aromatic N) is 6. The quantitative estimate of drug-likeness (QED) is 0.329. The molecule has 1 aliphatic heterocycles. The topological polar surface area (TPSA) is 199 Å². The molecule has 0 aromatic carbocycles. The summed E-state index contributed by atoms with van der Waals surface area (Å²) in [7, 11) is 1.53. The number of hydrogen-bond acceptors (Lipinski definition) is 10. The number of nitrogens with two attached hydrogens (primary N) is 1. The third-order valence-electron chi connectivity index (χ3n) is 5.89. The zero-order valence-electron chi connectivity index (χ0n) is 24.2. The highest BCUT2D eigenvalue weighted by molar-refractivity contribution is 6.07. The van der Waals surface area contributed by atoms with Crippen molar-refractivity contribution < 1.29 is 46.6 Å². The van der Waals surface area contributed by atoms with Crippen molar-refractivity contribution in [2.24, 2.45) is 5.73 Å². The molecule has 4 rings (SSSR count). The number of amides is 3. The number of ether oxygens (including phenoxy) is 1. The molecule has 0 aliphatic carbocycles. The van der Waals surface area contributed by atoms with Crippen LogP contribution in [0, 0.1) is 0 Å². The third kappa shape index (κ3) is 7.84. The Balaban J connectivity index is 1.57. The number of allylic oxidation sites excluding steroid dienone is 2. The van der Waals surface area contributed by atoms with Crippen LogP contribution in [0.25, 0.3) is 17.2 Å². The molecule has 3 aromatic rings. The summed E-state index contributed by atoms with van der Waals surface area (Å²) in [5, 5.41) is 15.8. The number of aliphatic carboxylic acids is 1. The number of primary amides is 1. The molecule has 0 saturated carbocycles. The molecule has 1 aliphatic rings. The highest BCUT2D eigenvalue weighted by Crippen LogP contribution is 2.28. The number of nitrogens with one attached hydrogen (secondary N) is 1. The SMILES string of the molecule is CN1C=C(n2cc(NC(=O)c3coc(-c4ccnc(N(CC(F)(F)F)C(=O)OC(C)(C)C)c4)n3)c(C(N)=O)n2)C=CC1C(=O)O. The van der Waals surface area contributed by atoms with Crippen molar-refractivity contribution in [1.29, 1.82) is 0 Å². The maximum Gasteiger partial charge on any atom is 0.416 e. The highest BCUT2D eigenvalue weighted by atomic mass is 19.4. The molecule has 3 aromatic heterocycles. The molecule has 1 unspecified atom stereocenters. The molecule has 0 radical (unpaired) electrons. The van der Waals surface area contributed by atoms with Gasteiger partial charge in [-0.2, -0.15) is 18.3 Å². The first kappa shape index (κ1) is 32.2.